The molecule has 1 aliphatic carbocycles. The standard InChI is InChI=1S/C18H30N2/c1-6-19-17(12-20(7-2)16-8-9-16)18-14(4)10-13(3)11-15(18)5/h10-11,16-17,19H,6-9,12H2,1-5H3. The van der Waals surface area contributed by atoms with E-state index in [1.807, 2.05) is 0 Å². The first-order valence-electron chi connectivity index (χ1n) is 8.12. The van der Waals surface area contributed by atoms with Crippen molar-refractivity contribution >= 4 is 0 Å². The molecular formula is C18H30N2. The van der Waals surface area contributed by atoms with Crippen LogP contribution >= 0.6 is 0 Å². The van der Waals surface area contributed by atoms with Gasteiger partial charge < -0.3 is 5.32 Å². The monoisotopic (exact) mass is 274 g/mol. The molecule has 112 valence electrons. The first-order chi connectivity index (χ1) is 9.56. The van der Waals surface area contributed by atoms with Gasteiger partial charge in [-0.05, 0) is 63.4 Å². The maximum atomic E-state index is 3.71. The lowest BCUT2D eigenvalue weighted by atomic mass is 9.93. The van der Waals surface area contributed by atoms with Gasteiger partial charge in [0.1, 0.15) is 0 Å². The lowest BCUT2D eigenvalue weighted by molar-refractivity contribution is 0.245. The third-order valence-electron chi connectivity index (χ3n) is 4.42. The van der Waals surface area contributed by atoms with Crippen LogP contribution in [0.4, 0.5) is 0 Å². The van der Waals surface area contributed by atoms with E-state index in [2.05, 4.69) is 57.0 Å². The molecule has 0 amide bonds. The second kappa shape index (κ2) is 6.73. The Bertz CT molecular complexity index is 426. The smallest absolute Gasteiger partial charge is 0.0454 e. The number of nitrogens with one attached hydrogen (secondary N) is 1. The van der Waals surface area contributed by atoms with Crippen molar-refractivity contribution in [1.29, 1.82) is 0 Å². The molecule has 0 aromatic heterocycles. The van der Waals surface area contributed by atoms with Crippen molar-refractivity contribution in [3.05, 3.63) is 34.4 Å². The zero-order valence-electron chi connectivity index (χ0n) is 13.8. The molecule has 2 heteroatoms. The van der Waals surface area contributed by atoms with Crippen LogP contribution < -0.4 is 5.32 Å². The number of hydrogen-bond acceptors (Lipinski definition) is 2. The van der Waals surface area contributed by atoms with Crippen molar-refractivity contribution in [2.75, 3.05) is 19.6 Å². The minimum Gasteiger partial charge on any atom is -0.309 e. The van der Waals surface area contributed by atoms with Gasteiger partial charge in [0.15, 0.2) is 0 Å². The quantitative estimate of drug-likeness (QED) is 0.814. The summed E-state index contributed by atoms with van der Waals surface area (Å²) in [5, 5.41) is 3.71. The molecule has 1 aromatic carbocycles. The van der Waals surface area contributed by atoms with E-state index in [4.69, 9.17) is 0 Å². The van der Waals surface area contributed by atoms with Crippen LogP contribution in [0, 0.1) is 20.8 Å². The summed E-state index contributed by atoms with van der Waals surface area (Å²) in [7, 11) is 0. The van der Waals surface area contributed by atoms with E-state index >= 15 is 0 Å². The van der Waals surface area contributed by atoms with Gasteiger partial charge in [-0.15, -0.1) is 0 Å². The van der Waals surface area contributed by atoms with Gasteiger partial charge in [0, 0.05) is 18.6 Å². The molecule has 2 nitrogen and oxygen atoms in total. The van der Waals surface area contributed by atoms with Crippen molar-refractivity contribution in [3.63, 3.8) is 0 Å². The minimum absolute atomic E-state index is 0.459. The van der Waals surface area contributed by atoms with E-state index in [0.717, 1.165) is 25.7 Å². The van der Waals surface area contributed by atoms with Crippen molar-refractivity contribution in [3.8, 4) is 0 Å². The van der Waals surface area contributed by atoms with Crippen molar-refractivity contribution in [2.24, 2.45) is 0 Å². The lowest BCUT2D eigenvalue weighted by Crippen LogP contribution is -2.37. The Morgan fingerprint density at radius 2 is 1.75 bits per heavy atom. The molecule has 0 heterocycles. The zero-order chi connectivity index (χ0) is 14.7. The van der Waals surface area contributed by atoms with E-state index in [0.29, 0.717) is 6.04 Å². The topological polar surface area (TPSA) is 15.3 Å². The van der Waals surface area contributed by atoms with Crippen LogP contribution in [0.3, 0.4) is 0 Å². The third-order valence-corrected chi connectivity index (χ3v) is 4.42. The molecule has 1 fully saturated rings. The maximum Gasteiger partial charge on any atom is 0.0454 e. The summed E-state index contributed by atoms with van der Waals surface area (Å²) in [6.45, 7) is 14.5. The van der Waals surface area contributed by atoms with Crippen LogP contribution in [0.25, 0.3) is 0 Å². The van der Waals surface area contributed by atoms with E-state index < -0.39 is 0 Å². The highest BCUT2D eigenvalue weighted by molar-refractivity contribution is 5.40. The predicted molar refractivity (Wildman–Crippen MR) is 87.3 cm³/mol. The summed E-state index contributed by atoms with van der Waals surface area (Å²) >= 11 is 0. The summed E-state index contributed by atoms with van der Waals surface area (Å²) < 4.78 is 0. The molecule has 1 unspecified atom stereocenters. The fraction of sp³-hybridized carbons (Fsp3) is 0.667. The SMILES string of the molecule is CCNC(CN(CC)C1CC1)c1c(C)cc(C)cc1C. The third kappa shape index (κ3) is 3.62. The lowest BCUT2D eigenvalue weighted by Gasteiger charge is -2.29. The normalized spacial score (nSPS) is 16.7. The highest BCUT2D eigenvalue weighted by Gasteiger charge is 2.30. The molecule has 20 heavy (non-hydrogen) atoms. The molecule has 0 saturated heterocycles. The van der Waals surface area contributed by atoms with E-state index in [9.17, 15) is 0 Å². The number of likely N-dealkylation sites (N-methyl/N-ethyl adjacent to an activating group) is 2. The summed E-state index contributed by atoms with van der Waals surface area (Å²) in [4.78, 5) is 2.64. The van der Waals surface area contributed by atoms with Gasteiger partial charge in [-0.2, -0.15) is 0 Å². The van der Waals surface area contributed by atoms with E-state index in [1.165, 1.54) is 35.1 Å². The van der Waals surface area contributed by atoms with Crippen molar-refractivity contribution < 1.29 is 0 Å². The Balaban J connectivity index is 2.23. The van der Waals surface area contributed by atoms with Crippen molar-refractivity contribution in [1.82, 2.24) is 10.2 Å². The second-order valence-electron chi connectivity index (χ2n) is 6.24. The van der Waals surface area contributed by atoms with Gasteiger partial charge in [-0.25, -0.2) is 0 Å². The summed E-state index contributed by atoms with van der Waals surface area (Å²) in [6.07, 6.45) is 2.77. The molecule has 1 atom stereocenters. The summed E-state index contributed by atoms with van der Waals surface area (Å²) in [5.74, 6) is 0. The fourth-order valence-electron chi connectivity index (χ4n) is 3.46. The van der Waals surface area contributed by atoms with E-state index in [1.54, 1.807) is 0 Å². The average Bonchev–Trinajstić information content (AvgIpc) is 3.18. The van der Waals surface area contributed by atoms with Gasteiger partial charge in [-0.1, -0.05) is 31.5 Å². The zero-order valence-corrected chi connectivity index (χ0v) is 13.8. The Kier molecular flexibility index (Phi) is 5.22. The van der Waals surface area contributed by atoms with Crippen molar-refractivity contribution in [2.45, 2.75) is 59.5 Å². The first-order valence-corrected chi connectivity index (χ1v) is 8.12. The van der Waals surface area contributed by atoms with E-state index in [-0.39, 0.29) is 0 Å². The van der Waals surface area contributed by atoms with Gasteiger partial charge >= 0.3 is 0 Å². The summed E-state index contributed by atoms with van der Waals surface area (Å²) in [6, 6.07) is 5.94. The fourth-order valence-corrected chi connectivity index (χ4v) is 3.46. The largest absolute Gasteiger partial charge is 0.309 e. The number of nitrogens with zero attached hydrogens (tertiary/aromatic N) is 1. The van der Waals surface area contributed by atoms with Gasteiger partial charge in [0.25, 0.3) is 0 Å². The minimum atomic E-state index is 0.459. The molecule has 1 aliphatic rings. The average molecular weight is 274 g/mol. The number of rotatable bonds is 7. The number of benzene rings is 1. The van der Waals surface area contributed by atoms with Gasteiger partial charge in [-0.3, -0.25) is 4.90 Å². The number of hydrogen-bond donors (Lipinski definition) is 1. The van der Waals surface area contributed by atoms with Gasteiger partial charge in [0.05, 0.1) is 0 Å². The molecule has 0 radical (unpaired) electrons. The summed E-state index contributed by atoms with van der Waals surface area (Å²) in [5.41, 5.74) is 5.74. The molecule has 0 spiro atoms. The predicted octanol–water partition coefficient (Wildman–Crippen LogP) is 3.75. The molecule has 0 aliphatic heterocycles. The number of aryl methyl sites for hydroxylation is 3. The van der Waals surface area contributed by atoms with Gasteiger partial charge in [0.2, 0.25) is 0 Å². The van der Waals surface area contributed by atoms with Crippen LogP contribution in [0.2, 0.25) is 0 Å². The highest BCUT2D eigenvalue weighted by atomic mass is 15.2. The first kappa shape index (κ1) is 15.5. The molecule has 1 saturated carbocycles. The van der Waals surface area contributed by atoms with Crippen LogP contribution in [-0.2, 0) is 0 Å². The molecule has 1 N–H and O–H groups in total. The molecule has 2 rings (SSSR count). The van der Waals surface area contributed by atoms with Crippen LogP contribution in [0.1, 0.15) is 55.0 Å². The van der Waals surface area contributed by atoms with Crippen LogP contribution in [0.15, 0.2) is 12.1 Å². The Morgan fingerprint density at radius 3 is 2.20 bits per heavy atom. The van der Waals surface area contributed by atoms with Crippen LogP contribution in [0.5, 0.6) is 0 Å². The Hall–Kier alpha value is -0.860. The Labute approximate surface area is 124 Å². The highest BCUT2D eigenvalue weighted by Crippen LogP contribution is 2.30. The molecule has 1 aromatic rings. The molecule has 0 bridgehead atoms. The maximum absolute atomic E-state index is 3.71. The van der Waals surface area contributed by atoms with Crippen LogP contribution in [-0.4, -0.2) is 30.6 Å². The molecular weight excluding hydrogens is 244 g/mol. The Morgan fingerprint density at radius 1 is 1.15 bits per heavy atom. The second-order valence-corrected chi connectivity index (χ2v) is 6.24.